The number of rotatable bonds is 6. The minimum absolute atomic E-state index is 0.0447. The van der Waals surface area contributed by atoms with E-state index in [4.69, 9.17) is 4.74 Å². The van der Waals surface area contributed by atoms with E-state index >= 15 is 0 Å². The Morgan fingerprint density at radius 3 is 2.91 bits per heavy atom. The number of methoxy groups -OCH3 is 1. The summed E-state index contributed by atoms with van der Waals surface area (Å²) in [5.74, 6) is 0.0447. The molecule has 23 heavy (non-hydrogen) atoms. The normalized spacial score (nSPS) is 19.4. The molecule has 0 aromatic heterocycles. The molecule has 1 aromatic rings. The van der Waals surface area contributed by atoms with Crippen LogP contribution in [-0.4, -0.2) is 51.3 Å². The van der Waals surface area contributed by atoms with Gasteiger partial charge in [0.2, 0.25) is 0 Å². The number of piperidine rings is 1. The molecule has 0 atom stereocenters. The summed E-state index contributed by atoms with van der Waals surface area (Å²) in [6.45, 7) is 4.45. The largest absolute Gasteiger partial charge is 0.371 e. The fourth-order valence-electron chi connectivity index (χ4n) is 3.63. The molecule has 0 spiro atoms. The number of anilines is 1. The quantitative estimate of drug-likeness (QED) is 0.777. The molecule has 2 N–H and O–H groups in total. The predicted octanol–water partition coefficient (Wildman–Crippen LogP) is 1.32. The van der Waals surface area contributed by atoms with Gasteiger partial charge in [0.15, 0.2) is 0 Å². The molecule has 0 bridgehead atoms. The summed E-state index contributed by atoms with van der Waals surface area (Å²) in [7, 11) is 1.64. The number of benzene rings is 1. The van der Waals surface area contributed by atoms with Gasteiger partial charge in [-0.05, 0) is 50.4 Å². The maximum absolute atomic E-state index is 12.5. The zero-order valence-corrected chi connectivity index (χ0v) is 13.9. The third kappa shape index (κ3) is 3.51. The van der Waals surface area contributed by atoms with Crippen molar-refractivity contribution in [2.24, 2.45) is 0 Å². The minimum Gasteiger partial charge on any atom is -0.371 e. The zero-order valence-electron chi connectivity index (χ0n) is 13.9. The number of nitrogens with zero attached hydrogens (tertiary/aromatic N) is 1. The van der Waals surface area contributed by atoms with Gasteiger partial charge in [-0.3, -0.25) is 4.79 Å². The van der Waals surface area contributed by atoms with Crippen molar-refractivity contribution in [2.75, 3.05) is 44.7 Å². The van der Waals surface area contributed by atoms with Gasteiger partial charge in [-0.15, -0.1) is 0 Å². The van der Waals surface area contributed by atoms with Gasteiger partial charge in [-0.1, -0.05) is 18.2 Å². The molecule has 1 saturated heterocycles. The highest BCUT2D eigenvalue weighted by Gasteiger charge is 2.39. The molecule has 0 saturated carbocycles. The maximum Gasteiger partial charge on any atom is 0.252 e. The third-order valence-electron chi connectivity index (χ3n) is 5.09. The Balaban J connectivity index is 1.44. The molecule has 2 aliphatic heterocycles. The van der Waals surface area contributed by atoms with Crippen LogP contribution >= 0.6 is 0 Å². The molecule has 0 radical (unpaired) electrons. The second kappa shape index (κ2) is 7.32. The van der Waals surface area contributed by atoms with Crippen molar-refractivity contribution in [3.05, 3.63) is 29.8 Å². The number of fused-ring (bicyclic) bond motifs is 1. The standard InChI is InChI=1S/C18H27N3O2/c1-23-18(8-11-19-12-9-18)17(22)20-10-4-13-21-14-7-15-5-2-3-6-16(15)21/h2-3,5-6,19H,4,7-14H2,1H3,(H,20,22). The van der Waals surface area contributed by atoms with E-state index < -0.39 is 5.60 Å². The molecular formula is C18H27N3O2. The average molecular weight is 317 g/mol. The molecule has 0 unspecified atom stereocenters. The zero-order chi connectivity index (χ0) is 16.1. The van der Waals surface area contributed by atoms with E-state index in [0.29, 0.717) is 6.54 Å². The molecule has 5 heteroatoms. The highest BCUT2D eigenvalue weighted by atomic mass is 16.5. The Kier molecular flexibility index (Phi) is 5.18. The lowest BCUT2D eigenvalue weighted by atomic mass is 9.91. The first-order chi connectivity index (χ1) is 11.2. The Hall–Kier alpha value is -1.59. The van der Waals surface area contributed by atoms with Crippen LogP contribution < -0.4 is 15.5 Å². The molecule has 5 nitrogen and oxygen atoms in total. The van der Waals surface area contributed by atoms with E-state index in [0.717, 1.165) is 51.9 Å². The fraction of sp³-hybridized carbons (Fsp3) is 0.611. The summed E-state index contributed by atoms with van der Waals surface area (Å²) in [6.07, 6.45) is 3.57. The van der Waals surface area contributed by atoms with Crippen LogP contribution in [0.15, 0.2) is 24.3 Å². The second-order valence-electron chi connectivity index (χ2n) is 6.42. The summed E-state index contributed by atoms with van der Waals surface area (Å²) in [4.78, 5) is 14.9. The molecule has 2 aliphatic rings. The van der Waals surface area contributed by atoms with Crippen LogP contribution in [-0.2, 0) is 16.0 Å². The lowest BCUT2D eigenvalue weighted by Crippen LogP contribution is -2.54. The van der Waals surface area contributed by atoms with Gasteiger partial charge in [0, 0.05) is 32.4 Å². The van der Waals surface area contributed by atoms with Crippen LogP contribution in [0.4, 0.5) is 5.69 Å². The van der Waals surface area contributed by atoms with Crippen molar-refractivity contribution in [1.82, 2.24) is 10.6 Å². The molecule has 1 aromatic carbocycles. The van der Waals surface area contributed by atoms with E-state index in [2.05, 4.69) is 39.8 Å². The van der Waals surface area contributed by atoms with E-state index in [-0.39, 0.29) is 5.91 Å². The first-order valence-corrected chi connectivity index (χ1v) is 8.62. The predicted molar refractivity (Wildman–Crippen MR) is 91.8 cm³/mol. The maximum atomic E-state index is 12.5. The summed E-state index contributed by atoms with van der Waals surface area (Å²) in [5, 5.41) is 6.35. The number of ether oxygens (including phenoxy) is 1. The number of carbonyl (C=O) groups is 1. The molecule has 2 heterocycles. The van der Waals surface area contributed by atoms with Gasteiger partial charge in [0.05, 0.1) is 0 Å². The Labute approximate surface area is 138 Å². The number of hydrogen-bond donors (Lipinski definition) is 2. The highest BCUT2D eigenvalue weighted by molar-refractivity contribution is 5.85. The van der Waals surface area contributed by atoms with Crippen LogP contribution in [0, 0.1) is 0 Å². The Morgan fingerprint density at radius 2 is 2.13 bits per heavy atom. The smallest absolute Gasteiger partial charge is 0.252 e. The number of amides is 1. The van der Waals surface area contributed by atoms with Crippen molar-refractivity contribution in [3.63, 3.8) is 0 Å². The average Bonchev–Trinajstić information content (AvgIpc) is 3.02. The van der Waals surface area contributed by atoms with Crippen molar-refractivity contribution in [3.8, 4) is 0 Å². The number of hydrogen-bond acceptors (Lipinski definition) is 4. The van der Waals surface area contributed by atoms with Crippen molar-refractivity contribution in [2.45, 2.75) is 31.3 Å². The fourth-order valence-corrected chi connectivity index (χ4v) is 3.63. The van der Waals surface area contributed by atoms with Gasteiger partial charge < -0.3 is 20.3 Å². The van der Waals surface area contributed by atoms with Crippen LogP contribution in [0.3, 0.4) is 0 Å². The van der Waals surface area contributed by atoms with Crippen LogP contribution in [0.5, 0.6) is 0 Å². The third-order valence-corrected chi connectivity index (χ3v) is 5.09. The number of carbonyl (C=O) groups excluding carboxylic acids is 1. The van der Waals surface area contributed by atoms with E-state index in [1.54, 1.807) is 7.11 Å². The van der Waals surface area contributed by atoms with Gasteiger partial charge in [-0.2, -0.15) is 0 Å². The van der Waals surface area contributed by atoms with Crippen molar-refractivity contribution < 1.29 is 9.53 Å². The molecular weight excluding hydrogens is 290 g/mol. The molecule has 1 fully saturated rings. The number of nitrogens with one attached hydrogen (secondary N) is 2. The lowest BCUT2D eigenvalue weighted by molar-refractivity contribution is -0.146. The highest BCUT2D eigenvalue weighted by Crippen LogP contribution is 2.27. The van der Waals surface area contributed by atoms with Crippen molar-refractivity contribution in [1.29, 1.82) is 0 Å². The first kappa shape index (κ1) is 16.3. The van der Waals surface area contributed by atoms with Crippen LogP contribution in [0.2, 0.25) is 0 Å². The van der Waals surface area contributed by atoms with Gasteiger partial charge in [-0.25, -0.2) is 0 Å². The molecule has 1 amide bonds. The minimum atomic E-state index is -0.633. The SMILES string of the molecule is COC1(C(=O)NCCCN2CCc3ccccc32)CCNCC1. The summed E-state index contributed by atoms with van der Waals surface area (Å²) < 4.78 is 5.56. The summed E-state index contributed by atoms with van der Waals surface area (Å²) in [6, 6.07) is 8.59. The van der Waals surface area contributed by atoms with Gasteiger partial charge >= 0.3 is 0 Å². The van der Waals surface area contributed by atoms with Gasteiger partial charge in [0.25, 0.3) is 5.91 Å². The topological polar surface area (TPSA) is 53.6 Å². The van der Waals surface area contributed by atoms with E-state index in [9.17, 15) is 4.79 Å². The molecule has 126 valence electrons. The van der Waals surface area contributed by atoms with Crippen LogP contribution in [0.25, 0.3) is 0 Å². The van der Waals surface area contributed by atoms with Gasteiger partial charge in [0.1, 0.15) is 5.60 Å². The monoisotopic (exact) mass is 317 g/mol. The Bertz CT molecular complexity index is 541. The summed E-state index contributed by atoms with van der Waals surface area (Å²) >= 11 is 0. The van der Waals surface area contributed by atoms with E-state index in [1.165, 1.54) is 11.3 Å². The lowest BCUT2D eigenvalue weighted by Gasteiger charge is -2.34. The molecule has 0 aliphatic carbocycles. The van der Waals surface area contributed by atoms with E-state index in [1.807, 2.05) is 0 Å². The second-order valence-corrected chi connectivity index (χ2v) is 6.42. The van der Waals surface area contributed by atoms with Crippen LogP contribution in [0.1, 0.15) is 24.8 Å². The first-order valence-electron chi connectivity index (χ1n) is 8.62. The Morgan fingerprint density at radius 1 is 1.35 bits per heavy atom. The molecule has 3 rings (SSSR count). The summed E-state index contributed by atoms with van der Waals surface area (Å²) in [5.41, 5.74) is 2.15. The number of para-hydroxylation sites is 1. The van der Waals surface area contributed by atoms with Crippen molar-refractivity contribution >= 4 is 11.6 Å².